The van der Waals surface area contributed by atoms with Gasteiger partial charge in [-0.3, -0.25) is 0 Å². The van der Waals surface area contributed by atoms with Crippen LogP contribution in [0.5, 0.6) is 0 Å². The molecule has 4 nitrogen and oxygen atoms in total. The third kappa shape index (κ3) is 7.87. The summed E-state index contributed by atoms with van der Waals surface area (Å²) in [6.45, 7) is 1.59. The van der Waals surface area contributed by atoms with Crippen LogP contribution in [0.4, 0.5) is 0 Å². The molecule has 0 fully saturated rings. The fraction of sp³-hybridized carbons (Fsp3) is 1.00. The van der Waals surface area contributed by atoms with Crippen LogP contribution in [0.25, 0.3) is 0 Å². The first-order valence-corrected chi connectivity index (χ1v) is 4.43. The maximum Gasteiger partial charge on any atom is 0.208 e. The lowest BCUT2D eigenvalue weighted by atomic mass is 10.4. The number of rotatable bonds is 3. The molecule has 56 valence electrons. The van der Waals surface area contributed by atoms with Crippen LogP contribution in [-0.4, -0.2) is 32.4 Å². The van der Waals surface area contributed by atoms with E-state index in [4.69, 9.17) is 5.11 Å². The zero-order chi connectivity index (χ0) is 7.49. The molecule has 0 amide bonds. The second-order valence-corrected chi connectivity index (χ2v) is 3.80. The molecular formula is C4H11NO3S. The highest BCUT2D eigenvalue weighted by atomic mass is 32.2. The molecule has 0 saturated carbocycles. The summed E-state index contributed by atoms with van der Waals surface area (Å²) in [7, 11) is -3.13. The van der Waals surface area contributed by atoms with E-state index < -0.39 is 16.1 Å². The molecule has 0 aliphatic heterocycles. The van der Waals surface area contributed by atoms with Crippen molar-refractivity contribution in [3.8, 4) is 0 Å². The van der Waals surface area contributed by atoms with Crippen molar-refractivity contribution in [1.82, 2.24) is 4.72 Å². The Hall–Kier alpha value is -0.130. The summed E-state index contributed by atoms with van der Waals surface area (Å²) >= 11 is 0. The van der Waals surface area contributed by atoms with Crippen molar-refractivity contribution >= 4 is 10.0 Å². The van der Waals surface area contributed by atoms with Crippen molar-refractivity contribution in [2.45, 2.75) is 13.0 Å². The van der Waals surface area contributed by atoms with E-state index in [9.17, 15) is 8.42 Å². The minimum atomic E-state index is -3.13. The van der Waals surface area contributed by atoms with E-state index in [1.807, 2.05) is 0 Å². The fourth-order valence-electron chi connectivity index (χ4n) is 0.272. The van der Waals surface area contributed by atoms with Crippen molar-refractivity contribution < 1.29 is 13.5 Å². The summed E-state index contributed by atoms with van der Waals surface area (Å²) in [6, 6.07) is 0. The molecule has 0 aromatic carbocycles. The van der Waals surface area contributed by atoms with Crippen molar-refractivity contribution in [2.75, 3.05) is 12.8 Å². The first-order chi connectivity index (χ1) is 3.92. The summed E-state index contributed by atoms with van der Waals surface area (Å²) in [5.41, 5.74) is 0. The van der Waals surface area contributed by atoms with Gasteiger partial charge in [0.2, 0.25) is 10.0 Å². The standard InChI is InChI=1S/C4H11NO3S/c1-4(6)3-5-9(2,7)8/h4-6H,3H2,1-2H3/t4-/m0/s1. The van der Waals surface area contributed by atoms with E-state index >= 15 is 0 Å². The minimum absolute atomic E-state index is 0.0822. The van der Waals surface area contributed by atoms with E-state index in [-0.39, 0.29) is 6.54 Å². The largest absolute Gasteiger partial charge is 0.392 e. The molecule has 0 aromatic heterocycles. The highest BCUT2D eigenvalue weighted by Crippen LogP contribution is 1.77. The topological polar surface area (TPSA) is 66.4 Å². The van der Waals surface area contributed by atoms with Crippen LogP contribution in [0.2, 0.25) is 0 Å². The van der Waals surface area contributed by atoms with Crippen LogP contribution < -0.4 is 4.72 Å². The molecule has 0 bridgehead atoms. The Kier molecular flexibility index (Phi) is 3.10. The van der Waals surface area contributed by atoms with Gasteiger partial charge in [0.1, 0.15) is 0 Å². The molecule has 0 aromatic rings. The average molecular weight is 153 g/mol. The SMILES string of the molecule is C[C@H](O)CNS(C)(=O)=O. The molecule has 0 saturated heterocycles. The minimum Gasteiger partial charge on any atom is -0.392 e. The quantitative estimate of drug-likeness (QED) is 0.542. The van der Waals surface area contributed by atoms with Gasteiger partial charge in [-0.1, -0.05) is 0 Å². The van der Waals surface area contributed by atoms with Gasteiger partial charge in [0.25, 0.3) is 0 Å². The van der Waals surface area contributed by atoms with Gasteiger partial charge < -0.3 is 5.11 Å². The number of sulfonamides is 1. The highest BCUT2D eigenvalue weighted by Gasteiger charge is 2.01. The Labute approximate surface area is 54.9 Å². The van der Waals surface area contributed by atoms with Crippen LogP contribution in [0.3, 0.4) is 0 Å². The van der Waals surface area contributed by atoms with Crippen molar-refractivity contribution in [3.63, 3.8) is 0 Å². The van der Waals surface area contributed by atoms with Gasteiger partial charge >= 0.3 is 0 Å². The zero-order valence-electron chi connectivity index (χ0n) is 5.46. The lowest BCUT2D eigenvalue weighted by molar-refractivity contribution is 0.198. The van der Waals surface area contributed by atoms with Crippen molar-refractivity contribution in [3.05, 3.63) is 0 Å². The Morgan fingerprint density at radius 1 is 1.67 bits per heavy atom. The monoisotopic (exact) mass is 153 g/mol. The third-order valence-electron chi connectivity index (χ3n) is 0.641. The van der Waals surface area contributed by atoms with Gasteiger partial charge in [0.05, 0.1) is 12.4 Å². The molecule has 0 unspecified atom stereocenters. The van der Waals surface area contributed by atoms with Crippen LogP contribution in [-0.2, 0) is 10.0 Å². The lowest BCUT2D eigenvalue weighted by Gasteiger charge is -2.02. The van der Waals surface area contributed by atoms with E-state index in [0.717, 1.165) is 6.26 Å². The molecule has 0 aliphatic carbocycles. The Bertz CT molecular complexity index is 161. The number of hydrogen-bond donors (Lipinski definition) is 2. The van der Waals surface area contributed by atoms with Gasteiger partial charge in [-0.05, 0) is 6.92 Å². The van der Waals surface area contributed by atoms with Gasteiger partial charge in [0, 0.05) is 6.54 Å². The van der Waals surface area contributed by atoms with Crippen LogP contribution >= 0.6 is 0 Å². The number of nitrogens with one attached hydrogen (secondary N) is 1. The van der Waals surface area contributed by atoms with Crippen LogP contribution in [0.1, 0.15) is 6.92 Å². The summed E-state index contributed by atoms with van der Waals surface area (Å²) in [5.74, 6) is 0. The second kappa shape index (κ2) is 3.14. The smallest absolute Gasteiger partial charge is 0.208 e. The Morgan fingerprint density at radius 2 is 2.11 bits per heavy atom. The van der Waals surface area contributed by atoms with Gasteiger partial charge in [-0.15, -0.1) is 0 Å². The summed E-state index contributed by atoms with van der Waals surface area (Å²) in [4.78, 5) is 0. The van der Waals surface area contributed by atoms with Crippen molar-refractivity contribution in [2.24, 2.45) is 0 Å². The predicted molar refractivity (Wildman–Crippen MR) is 34.5 cm³/mol. The second-order valence-electron chi connectivity index (χ2n) is 1.97. The van der Waals surface area contributed by atoms with Gasteiger partial charge in [-0.2, -0.15) is 0 Å². The number of hydrogen-bond acceptors (Lipinski definition) is 3. The number of aliphatic hydroxyl groups excluding tert-OH is 1. The van der Waals surface area contributed by atoms with E-state index in [2.05, 4.69) is 4.72 Å². The third-order valence-corrected chi connectivity index (χ3v) is 1.33. The summed E-state index contributed by atoms with van der Waals surface area (Å²) < 4.78 is 22.8. The molecule has 0 spiro atoms. The van der Waals surface area contributed by atoms with E-state index in [1.165, 1.54) is 6.92 Å². The van der Waals surface area contributed by atoms with Gasteiger partial charge in [-0.25, -0.2) is 13.1 Å². The maximum absolute atomic E-state index is 10.3. The molecule has 0 heterocycles. The molecule has 5 heteroatoms. The summed E-state index contributed by atoms with van der Waals surface area (Å²) in [6.07, 6.45) is 0.426. The van der Waals surface area contributed by atoms with Crippen LogP contribution in [0.15, 0.2) is 0 Å². The predicted octanol–water partition coefficient (Wildman–Crippen LogP) is -1.08. The Morgan fingerprint density at radius 3 is 2.22 bits per heavy atom. The van der Waals surface area contributed by atoms with Crippen molar-refractivity contribution in [1.29, 1.82) is 0 Å². The Balaban J connectivity index is 3.53. The molecule has 0 aliphatic rings. The molecule has 0 radical (unpaired) electrons. The summed E-state index contributed by atoms with van der Waals surface area (Å²) in [5, 5.41) is 8.59. The molecule has 1 atom stereocenters. The lowest BCUT2D eigenvalue weighted by Crippen LogP contribution is -2.29. The molecule has 9 heavy (non-hydrogen) atoms. The zero-order valence-corrected chi connectivity index (χ0v) is 6.27. The molecule has 2 N–H and O–H groups in total. The van der Waals surface area contributed by atoms with Gasteiger partial charge in [0.15, 0.2) is 0 Å². The normalized spacial score (nSPS) is 15.4. The average Bonchev–Trinajstić information content (AvgIpc) is 1.59. The van der Waals surface area contributed by atoms with E-state index in [1.54, 1.807) is 0 Å². The molecular weight excluding hydrogens is 142 g/mol. The number of aliphatic hydroxyl groups is 1. The first kappa shape index (κ1) is 8.87. The molecule has 0 rings (SSSR count). The fourth-order valence-corrected chi connectivity index (χ4v) is 0.816. The highest BCUT2D eigenvalue weighted by molar-refractivity contribution is 7.88. The maximum atomic E-state index is 10.3. The van der Waals surface area contributed by atoms with E-state index in [0.29, 0.717) is 0 Å². The van der Waals surface area contributed by atoms with Crippen LogP contribution in [0, 0.1) is 0 Å². The first-order valence-electron chi connectivity index (χ1n) is 2.54.